The summed E-state index contributed by atoms with van der Waals surface area (Å²) in [6.45, 7) is 6.51. The Kier molecular flexibility index (Phi) is 5.95. The highest BCUT2D eigenvalue weighted by Gasteiger charge is 2.18. The summed E-state index contributed by atoms with van der Waals surface area (Å²) >= 11 is 0. The molecule has 2 rings (SSSR count). The van der Waals surface area contributed by atoms with Crippen LogP contribution in [0.15, 0.2) is 53.6 Å². The highest BCUT2D eigenvalue weighted by molar-refractivity contribution is 7.91. The molecule has 1 aromatic carbocycles. The summed E-state index contributed by atoms with van der Waals surface area (Å²) in [5.41, 5.74) is 1.77. The Morgan fingerprint density at radius 2 is 1.76 bits per heavy atom. The lowest BCUT2D eigenvalue weighted by Crippen LogP contribution is -2.25. The maximum Gasteiger partial charge on any atom is 0.221 e. The van der Waals surface area contributed by atoms with E-state index in [4.69, 9.17) is 0 Å². The van der Waals surface area contributed by atoms with Crippen molar-refractivity contribution in [3.63, 3.8) is 0 Å². The van der Waals surface area contributed by atoms with Crippen LogP contribution in [-0.2, 0) is 26.6 Å². The van der Waals surface area contributed by atoms with Crippen LogP contribution in [0.3, 0.4) is 0 Å². The molecule has 5 nitrogen and oxygen atoms in total. The van der Waals surface area contributed by atoms with Crippen molar-refractivity contribution in [1.29, 1.82) is 0 Å². The monoisotopic (exact) mass is 360 g/mol. The number of nitrogens with zero attached hydrogens (tertiary/aromatic N) is 1. The second-order valence-electron chi connectivity index (χ2n) is 6.94. The minimum Gasteiger partial charge on any atom is -0.350 e. The van der Waals surface area contributed by atoms with Gasteiger partial charge in [-0.1, -0.05) is 39.0 Å². The van der Waals surface area contributed by atoms with E-state index in [1.807, 2.05) is 18.2 Å². The fourth-order valence-corrected chi connectivity index (χ4v) is 3.53. The van der Waals surface area contributed by atoms with Gasteiger partial charge >= 0.3 is 0 Å². The van der Waals surface area contributed by atoms with E-state index in [0.29, 0.717) is 6.54 Å². The normalized spacial score (nSPS) is 12.0. The van der Waals surface area contributed by atoms with Crippen molar-refractivity contribution < 1.29 is 13.2 Å². The van der Waals surface area contributed by atoms with Crippen molar-refractivity contribution in [2.45, 2.75) is 44.0 Å². The van der Waals surface area contributed by atoms with Gasteiger partial charge in [0.05, 0.1) is 22.9 Å². The third-order valence-electron chi connectivity index (χ3n) is 3.87. The first-order valence-corrected chi connectivity index (χ1v) is 9.84. The molecule has 1 amide bonds. The molecule has 6 heteroatoms. The van der Waals surface area contributed by atoms with E-state index < -0.39 is 9.84 Å². The summed E-state index contributed by atoms with van der Waals surface area (Å²) < 4.78 is 24.8. The molecule has 0 unspecified atom stereocenters. The van der Waals surface area contributed by atoms with E-state index in [9.17, 15) is 13.2 Å². The van der Waals surface area contributed by atoms with Crippen molar-refractivity contribution in [3.05, 3.63) is 59.9 Å². The van der Waals surface area contributed by atoms with Gasteiger partial charge in [-0.05, 0) is 35.2 Å². The third-order valence-corrected chi connectivity index (χ3v) is 5.60. The lowest BCUT2D eigenvalue weighted by Gasteiger charge is -2.19. The van der Waals surface area contributed by atoms with Gasteiger partial charge in [0.2, 0.25) is 5.91 Å². The van der Waals surface area contributed by atoms with Gasteiger partial charge in [-0.25, -0.2) is 8.42 Å². The summed E-state index contributed by atoms with van der Waals surface area (Å²) in [6, 6.07) is 12.3. The minimum atomic E-state index is -3.48. The molecule has 0 aliphatic rings. The summed E-state index contributed by atoms with van der Waals surface area (Å²) in [6.07, 6.45) is 1.57. The van der Waals surface area contributed by atoms with E-state index in [2.05, 4.69) is 31.1 Å². The molecule has 0 aliphatic heterocycles. The number of aromatic nitrogens is 1. The molecule has 0 saturated carbocycles. The van der Waals surface area contributed by atoms with Crippen molar-refractivity contribution in [2.75, 3.05) is 5.75 Å². The molecular formula is C19H24N2O3S. The number of amides is 1. The number of benzene rings is 1. The number of hydrogen-bond acceptors (Lipinski definition) is 4. The zero-order valence-corrected chi connectivity index (χ0v) is 15.6. The van der Waals surface area contributed by atoms with Gasteiger partial charge in [-0.2, -0.15) is 0 Å². The molecule has 0 saturated heterocycles. The van der Waals surface area contributed by atoms with Crippen LogP contribution in [-0.4, -0.2) is 25.1 Å². The van der Waals surface area contributed by atoms with Crippen LogP contribution in [0.5, 0.6) is 0 Å². The Morgan fingerprint density at radius 1 is 1.08 bits per heavy atom. The van der Waals surface area contributed by atoms with Crippen molar-refractivity contribution in [2.24, 2.45) is 0 Å². The minimum absolute atomic E-state index is 0.0341. The summed E-state index contributed by atoms with van der Waals surface area (Å²) in [7, 11) is -3.48. The Balaban J connectivity index is 1.91. The predicted molar refractivity (Wildman–Crippen MR) is 97.9 cm³/mol. The quantitative estimate of drug-likeness (QED) is 0.859. The Hall–Kier alpha value is -2.21. The van der Waals surface area contributed by atoms with Crippen molar-refractivity contribution >= 4 is 15.7 Å². The van der Waals surface area contributed by atoms with Crippen molar-refractivity contribution in [3.8, 4) is 0 Å². The Morgan fingerprint density at radius 3 is 2.32 bits per heavy atom. The maximum atomic E-state index is 12.4. The van der Waals surface area contributed by atoms with Gasteiger partial charge in [0.25, 0.3) is 0 Å². The van der Waals surface area contributed by atoms with Crippen LogP contribution in [0.4, 0.5) is 0 Å². The molecule has 0 bridgehead atoms. The molecule has 134 valence electrons. The first-order chi connectivity index (χ1) is 11.7. The zero-order chi connectivity index (χ0) is 18.5. The highest BCUT2D eigenvalue weighted by Crippen LogP contribution is 2.23. The highest BCUT2D eigenvalue weighted by atomic mass is 32.2. The number of nitrogens with one attached hydrogen (secondary N) is 1. The smallest absolute Gasteiger partial charge is 0.221 e. The number of hydrogen-bond donors (Lipinski definition) is 1. The van der Waals surface area contributed by atoms with Crippen LogP contribution in [0.1, 0.15) is 38.4 Å². The molecule has 1 heterocycles. The molecule has 0 aliphatic carbocycles. The summed E-state index contributed by atoms with van der Waals surface area (Å²) in [5, 5.41) is 2.69. The standard InChI is InChI=1S/C19H24N2O3S/c1-19(2,3)15-7-9-17(10-8-15)25(23,24)13-11-18(22)21-14-16-6-4-5-12-20-16/h4-10,12H,11,13-14H2,1-3H3,(H,21,22). The molecule has 1 N–H and O–H groups in total. The molecule has 25 heavy (non-hydrogen) atoms. The summed E-state index contributed by atoms with van der Waals surface area (Å²) in [5.74, 6) is -0.517. The SMILES string of the molecule is CC(C)(C)c1ccc(S(=O)(=O)CCC(=O)NCc2ccccn2)cc1. The fraction of sp³-hybridized carbons (Fsp3) is 0.368. The molecule has 2 aromatic rings. The summed E-state index contributed by atoms with van der Waals surface area (Å²) in [4.78, 5) is 16.2. The molecule has 0 radical (unpaired) electrons. The van der Waals surface area contributed by atoms with Gasteiger partial charge in [0.1, 0.15) is 0 Å². The number of carbonyl (C=O) groups excluding carboxylic acids is 1. The van der Waals surface area contributed by atoms with Gasteiger partial charge in [-0.3, -0.25) is 9.78 Å². The van der Waals surface area contributed by atoms with Crippen LogP contribution >= 0.6 is 0 Å². The van der Waals surface area contributed by atoms with Crippen molar-refractivity contribution in [1.82, 2.24) is 10.3 Å². The lowest BCUT2D eigenvalue weighted by atomic mass is 9.87. The molecular weight excluding hydrogens is 336 g/mol. The van der Waals surface area contributed by atoms with E-state index in [-0.39, 0.29) is 28.4 Å². The Labute approximate surface area is 149 Å². The number of pyridine rings is 1. The second kappa shape index (κ2) is 7.78. The lowest BCUT2D eigenvalue weighted by molar-refractivity contribution is -0.120. The molecule has 0 atom stereocenters. The maximum absolute atomic E-state index is 12.4. The van der Waals surface area contributed by atoms with E-state index in [0.717, 1.165) is 11.3 Å². The average Bonchev–Trinajstić information content (AvgIpc) is 2.58. The van der Waals surface area contributed by atoms with Gasteiger partial charge in [0, 0.05) is 12.6 Å². The fourth-order valence-electron chi connectivity index (χ4n) is 2.29. The second-order valence-corrected chi connectivity index (χ2v) is 9.05. The van der Waals surface area contributed by atoms with Gasteiger partial charge in [-0.15, -0.1) is 0 Å². The number of carbonyl (C=O) groups is 1. The predicted octanol–water partition coefficient (Wildman–Crippen LogP) is 2.86. The largest absolute Gasteiger partial charge is 0.350 e. The number of sulfone groups is 1. The topological polar surface area (TPSA) is 76.1 Å². The third kappa shape index (κ3) is 5.67. The van der Waals surface area contributed by atoms with E-state index in [1.54, 1.807) is 30.5 Å². The Bertz CT molecular complexity index is 808. The average molecular weight is 360 g/mol. The number of rotatable bonds is 6. The first kappa shape index (κ1) is 19.1. The first-order valence-electron chi connectivity index (χ1n) is 8.18. The molecule has 0 spiro atoms. The van der Waals surface area contributed by atoms with Gasteiger partial charge < -0.3 is 5.32 Å². The van der Waals surface area contributed by atoms with Gasteiger partial charge in [0.15, 0.2) is 9.84 Å². The van der Waals surface area contributed by atoms with Crippen LogP contribution in [0.25, 0.3) is 0 Å². The van der Waals surface area contributed by atoms with Crippen LogP contribution in [0.2, 0.25) is 0 Å². The van der Waals surface area contributed by atoms with Crippen LogP contribution in [0, 0.1) is 0 Å². The molecule has 1 aromatic heterocycles. The molecule has 0 fully saturated rings. The van der Waals surface area contributed by atoms with Crippen LogP contribution < -0.4 is 5.32 Å². The zero-order valence-electron chi connectivity index (χ0n) is 14.8. The van der Waals surface area contributed by atoms with E-state index >= 15 is 0 Å². The van der Waals surface area contributed by atoms with E-state index in [1.165, 1.54) is 0 Å².